The van der Waals surface area contributed by atoms with Gasteiger partial charge in [0.15, 0.2) is 0 Å². The Morgan fingerprint density at radius 2 is 2.00 bits per heavy atom. The minimum atomic E-state index is -0.803. The molecule has 1 N–H and O–H groups in total. The van der Waals surface area contributed by atoms with E-state index in [9.17, 15) is 9.90 Å². The lowest BCUT2D eigenvalue weighted by Crippen LogP contribution is -2.55. The van der Waals surface area contributed by atoms with Crippen molar-refractivity contribution >= 4 is 23.5 Å². The van der Waals surface area contributed by atoms with Crippen LogP contribution in [0.4, 0.5) is 10.5 Å². The third-order valence-electron chi connectivity index (χ3n) is 7.44. The molecule has 5 rings (SSSR count). The molecule has 32 heavy (non-hydrogen) atoms. The van der Waals surface area contributed by atoms with Crippen LogP contribution >= 0.6 is 11.8 Å². The average Bonchev–Trinajstić information content (AvgIpc) is 3.07. The van der Waals surface area contributed by atoms with Crippen LogP contribution in [-0.2, 0) is 0 Å². The van der Waals surface area contributed by atoms with Gasteiger partial charge in [0.25, 0.3) is 0 Å². The molecule has 6 heteroatoms. The summed E-state index contributed by atoms with van der Waals surface area (Å²) in [6.07, 6.45) is 0.0848. The number of hydrogen-bond donors (Lipinski definition) is 1. The van der Waals surface area contributed by atoms with Crippen molar-refractivity contribution in [1.29, 1.82) is 0 Å². The lowest BCUT2D eigenvalue weighted by atomic mass is 9.84. The molecule has 3 aliphatic rings. The molecule has 0 radical (unpaired) electrons. The van der Waals surface area contributed by atoms with Gasteiger partial charge >= 0.3 is 6.09 Å². The number of ether oxygens (including phenoxy) is 1. The number of hydrogen-bond acceptors (Lipinski definition) is 4. The van der Waals surface area contributed by atoms with E-state index in [0.717, 1.165) is 17.9 Å². The Labute approximate surface area is 194 Å². The Bertz CT molecular complexity index is 1080. The largest absolute Gasteiger partial charge is 0.497 e. The lowest BCUT2D eigenvalue weighted by Gasteiger charge is -2.48. The first-order valence-electron chi connectivity index (χ1n) is 11.4. The molecule has 2 aromatic rings. The van der Waals surface area contributed by atoms with Gasteiger partial charge in [0.05, 0.1) is 12.8 Å². The van der Waals surface area contributed by atoms with E-state index in [1.807, 2.05) is 17.8 Å². The van der Waals surface area contributed by atoms with Crippen LogP contribution in [0.5, 0.6) is 5.75 Å². The monoisotopic (exact) mass is 452 g/mol. The third-order valence-corrected chi connectivity index (χ3v) is 8.55. The van der Waals surface area contributed by atoms with E-state index in [4.69, 9.17) is 4.74 Å². The second-order valence-corrected chi connectivity index (χ2v) is 11.4. The van der Waals surface area contributed by atoms with Gasteiger partial charge in [-0.1, -0.05) is 26.8 Å². The molecule has 0 bridgehead atoms. The van der Waals surface area contributed by atoms with Gasteiger partial charge in [0.2, 0.25) is 0 Å². The van der Waals surface area contributed by atoms with Crippen LogP contribution in [0.1, 0.15) is 44.2 Å². The molecular weight excluding hydrogens is 420 g/mol. The first-order valence-corrected chi connectivity index (χ1v) is 12.4. The highest BCUT2D eigenvalue weighted by Gasteiger charge is 2.50. The van der Waals surface area contributed by atoms with Crippen molar-refractivity contribution in [3.8, 4) is 16.9 Å². The zero-order chi connectivity index (χ0) is 22.8. The number of fused-ring (bicyclic) bond motifs is 3. The number of rotatable bonds is 2. The van der Waals surface area contributed by atoms with Gasteiger partial charge in [-0.15, -0.1) is 11.8 Å². The first-order chi connectivity index (χ1) is 15.2. The van der Waals surface area contributed by atoms with Crippen molar-refractivity contribution in [3.63, 3.8) is 0 Å². The van der Waals surface area contributed by atoms with Crippen LogP contribution < -0.4 is 9.64 Å². The maximum absolute atomic E-state index is 11.8. The molecule has 1 unspecified atom stereocenters. The Hall–Kier alpha value is -2.34. The number of thioether (sulfide) groups is 1. The smallest absolute Gasteiger partial charge is 0.407 e. The van der Waals surface area contributed by atoms with Gasteiger partial charge in [-0.3, -0.25) is 0 Å². The van der Waals surface area contributed by atoms with Gasteiger partial charge in [-0.05, 0) is 65.3 Å². The molecule has 1 fully saturated rings. The van der Waals surface area contributed by atoms with Gasteiger partial charge < -0.3 is 19.6 Å². The summed E-state index contributed by atoms with van der Waals surface area (Å²) in [7, 11) is 1.70. The summed E-state index contributed by atoms with van der Waals surface area (Å²) in [6, 6.07) is 11.7. The average molecular weight is 453 g/mol. The van der Waals surface area contributed by atoms with E-state index < -0.39 is 6.09 Å². The molecule has 1 amide bonds. The zero-order valence-corrected chi connectivity index (χ0v) is 20.3. The van der Waals surface area contributed by atoms with Crippen LogP contribution in [0.15, 0.2) is 35.2 Å². The van der Waals surface area contributed by atoms with Gasteiger partial charge in [-0.2, -0.15) is 0 Å². The zero-order valence-electron chi connectivity index (χ0n) is 19.5. The van der Waals surface area contributed by atoms with Crippen LogP contribution in [-0.4, -0.2) is 54.1 Å². The minimum absolute atomic E-state index is 0.159. The van der Waals surface area contributed by atoms with Crippen LogP contribution in [0.25, 0.3) is 11.1 Å². The summed E-state index contributed by atoms with van der Waals surface area (Å²) in [5.74, 6) is 2.15. The van der Waals surface area contributed by atoms with E-state index in [2.05, 4.69) is 56.9 Å². The number of nitrogens with zero attached hydrogens (tertiary/aromatic N) is 2. The topological polar surface area (TPSA) is 53.0 Å². The molecule has 0 aliphatic carbocycles. The number of methoxy groups -OCH3 is 1. The molecule has 5 nitrogen and oxygen atoms in total. The molecule has 0 saturated carbocycles. The minimum Gasteiger partial charge on any atom is -0.497 e. The molecule has 2 aromatic carbocycles. The summed E-state index contributed by atoms with van der Waals surface area (Å²) >= 11 is 1.96. The number of amides is 1. The summed E-state index contributed by atoms with van der Waals surface area (Å²) in [6.45, 7) is 10.3. The Balaban J connectivity index is 1.65. The number of carbonyl (C=O) groups is 1. The normalized spacial score (nSPS) is 24.2. The van der Waals surface area contributed by atoms with Crippen molar-refractivity contribution in [2.75, 3.05) is 30.9 Å². The fourth-order valence-corrected chi connectivity index (χ4v) is 7.33. The number of aryl methyl sites for hydroxylation is 1. The highest BCUT2D eigenvalue weighted by Crippen LogP contribution is 2.56. The van der Waals surface area contributed by atoms with Crippen LogP contribution in [0, 0.1) is 12.3 Å². The molecule has 3 aliphatic heterocycles. The van der Waals surface area contributed by atoms with Crippen molar-refractivity contribution in [3.05, 3.63) is 41.5 Å². The van der Waals surface area contributed by atoms with E-state index in [0.29, 0.717) is 25.2 Å². The van der Waals surface area contributed by atoms with Crippen molar-refractivity contribution in [2.45, 2.75) is 57.0 Å². The SMILES string of the molecule is COc1ccc(-c2cc3c4c(c2)[C@@H]2CN(C(=O)O)CC[C@@H]2N4C(C(C)(C)C)CS3)c(C)c1. The number of anilines is 1. The quantitative estimate of drug-likeness (QED) is 0.620. The standard InChI is InChI=1S/C26H32N2O3S/c1-15-10-17(31-5)6-7-18(15)16-11-19-20-13-27(25(29)30)9-8-21(20)28-23(26(2,3)4)14-32-22(12-16)24(19)28/h6-7,10-12,20-21,23H,8-9,13-14H2,1-5H3,(H,29,30)/t20-,21-,23?/m0/s1. The van der Waals surface area contributed by atoms with E-state index in [1.54, 1.807) is 12.0 Å². The van der Waals surface area contributed by atoms with E-state index in [1.165, 1.54) is 32.8 Å². The molecule has 0 spiro atoms. The van der Waals surface area contributed by atoms with Crippen molar-refractivity contribution in [1.82, 2.24) is 4.90 Å². The first kappa shape index (κ1) is 21.5. The predicted molar refractivity (Wildman–Crippen MR) is 130 cm³/mol. The molecular formula is C26H32N2O3S. The number of piperidine rings is 1. The maximum atomic E-state index is 11.8. The molecule has 170 valence electrons. The van der Waals surface area contributed by atoms with Gasteiger partial charge in [0, 0.05) is 41.7 Å². The number of carboxylic acid groups (broad SMARTS) is 1. The highest BCUT2D eigenvalue weighted by atomic mass is 32.2. The molecule has 3 atom stereocenters. The second kappa shape index (κ2) is 7.62. The van der Waals surface area contributed by atoms with Gasteiger partial charge in [-0.25, -0.2) is 4.79 Å². The van der Waals surface area contributed by atoms with E-state index in [-0.39, 0.29) is 11.3 Å². The number of likely N-dealkylation sites (tertiary alicyclic amines) is 1. The Kier molecular flexibility index (Phi) is 5.12. The second-order valence-electron chi connectivity index (χ2n) is 10.4. The molecule has 3 heterocycles. The Morgan fingerprint density at radius 1 is 1.22 bits per heavy atom. The maximum Gasteiger partial charge on any atom is 0.407 e. The van der Waals surface area contributed by atoms with Crippen molar-refractivity contribution < 1.29 is 14.6 Å². The lowest BCUT2D eigenvalue weighted by molar-refractivity contribution is 0.124. The van der Waals surface area contributed by atoms with Crippen molar-refractivity contribution in [2.24, 2.45) is 5.41 Å². The van der Waals surface area contributed by atoms with E-state index >= 15 is 0 Å². The summed E-state index contributed by atoms with van der Waals surface area (Å²) < 4.78 is 5.40. The third kappa shape index (κ3) is 3.35. The summed E-state index contributed by atoms with van der Waals surface area (Å²) in [5, 5.41) is 9.69. The summed E-state index contributed by atoms with van der Waals surface area (Å²) in [5.41, 5.74) is 6.46. The van der Waals surface area contributed by atoms with Crippen LogP contribution in [0.3, 0.4) is 0 Å². The Morgan fingerprint density at radius 3 is 2.66 bits per heavy atom. The fourth-order valence-electron chi connectivity index (χ4n) is 5.76. The fraction of sp³-hybridized carbons (Fsp3) is 0.500. The molecule has 0 aromatic heterocycles. The van der Waals surface area contributed by atoms with Crippen LogP contribution in [0.2, 0.25) is 0 Å². The number of benzene rings is 2. The summed E-state index contributed by atoms with van der Waals surface area (Å²) in [4.78, 5) is 17.4. The predicted octanol–water partition coefficient (Wildman–Crippen LogP) is 5.85. The molecule has 1 saturated heterocycles. The highest BCUT2D eigenvalue weighted by molar-refractivity contribution is 7.99. The van der Waals surface area contributed by atoms with Gasteiger partial charge in [0.1, 0.15) is 5.75 Å².